The third-order valence-electron chi connectivity index (χ3n) is 2.06. The van der Waals surface area contributed by atoms with Crippen molar-refractivity contribution < 1.29 is 14.0 Å². The summed E-state index contributed by atoms with van der Waals surface area (Å²) in [6.45, 7) is 3.48. The van der Waals surface area contributed by atoms with Crippen LogP contribution in [0.4, 0.5) is 4.39 Å². The molecule has 0 unspecified atom stereocenters. The van der Waals surface area contributed by atoms with Crippen molar-refractivity contribution in [3.8, 4) is 0 Å². The summed E-state index contributed by atoms with van der Waals surface area (Å²) in [5.74, 6) is -0.212. The topological polar surface area (TPSA) is 30.5 Å². The number of hydrogen-bond acceptors (Lipinski definition) is 3. The summed E-state index contributed by atoms with van der Waals surface area (Å²) in [4.78, 5) is 5.09. The van der Waals surface area contributed by atoms with E-state index in [0.717, 1.165) is 11.1 Å². The van der Waals surface area contributed by atoms with Crippen LogP contribution in [0, 0.1) is 12.7 Å². The minimum Gasteiger partial charge on any atom is -0.382 e. The molecule has 1 aromatic rings. The van der Waals surface area contributed by atoms with Gasteiger partial charge < -0.3 is 4.74 Å². The molecule has 0 aliphatic rings. The summed E-state index contributed by atoms with van der Waals surface area (Å²) in [7, 11) is 1.62. The van der Waals surface area contributed by atoms with E-state index >= 15 is 0 Å². The Balaban J connectivity index is 2.31. The van der Waals surface area contributed by atoms with E-state index < -0.39 is 0 Å². The molecule has 0 aliphatic heterocycles. The Morgan fingerprint density at radius 2 is 2.13 bits per heavy atom. The van der Waals surface area contributed by atoms with Gasteiger partial charge in [0.2, 0.25) is 0 Å². The summed E-state index contributed by atoms with van der Waals surface area (Å²) in [5, 5.41) is 0. The third-order valence-corrected chi connectivity index (χ3v) is 2.06. The van der Waals surface area contributed by atoms with Gasteiger partial charge in [0.1, 0.15) is 5.82 Å². The molecule has 0 heterocycles. The Hall–Kier alpha value is -0.970. The van der Waals surface area contributed by atoms with Crippen LogP contribution in [-0.2, 0) is 16.1 Å². The highest BCUT2D eigenvalue weighted by atomic mass is 19.1. The Bertz CT molecular complexity index is 305. The molecule has 0 radical (unpaired) electrons. The summed E-state index contributed by atoms with van der Waals surface area (Å²) in [5.41, 5.74) is 4.73. The average Bonchev–Trinajstić information content (AvgIpc) is 2.20. The van der Waals surface area contributed by atoms with Crippen molar-refractivity contribution in [2.45, 2.75) is 13.5 Å². The monoisotopic (exact) mass is 213 g/mol. The van der Waals surface area contributed by atoms with Crippen LogP contribution in [0.3, 0.4) is 0 Å². The molecule has 0 aromatic heterocycles. The van der Waals surface area contributed by atoms with Gasteiger partial charge >= 0.3 is 0 Å². The lowest BCUT2D eigenvalue weighted by Gasteiger charge is -2.07. The molecule has 0 aliphatic carbocycles. The fourth-order valence-electron chi connectivity index (χ4n) is 1.18. The van der Waals surface area contributed by atoms with Crippen LogP contribution >= 0.6 is 0 Å². The number of hydrogen-bond donors (Lipinski definition) is 1. The maximum atomic E-state index is 12.8. The standard InChI is InChI=1S/C11H16FNO2/c1-9-7-11(12)4-3-10(9)8-13-15-6-5-14-2/h3-4,7,13H,5-6,8H2,1-2H3. The number of ether oxygens (including phenoxy) is 1. The first kappa shape index (κ1) is 12.1. The third kappa shape index (κ3) is 4.38. The van der Waals surface area contributed by atoms with Crippen LogP contribution in [0.5, 0.6) is 0 Å². The largest absolute Gasteiger partial charge is 0.382 e. The first-order valence-electron chi connectivity index (χ1n) is 4.82. The van der Waals surface area contributed by atoms with Crippen molar-refractivity contribution in [2.24, 2.45) is 0 Å². The van der Waals surface area contributed by atoms with Gasteiger partial charge in [-0.3, -0.25) is 4.84 Å². The second kappa shape index (κ2) is 6.50. The highest BCUT2D eigenvalue weighted by Gasteiger charge is 1.99. The molecule has 84 valence electrons. The van der Waals surface area contributed by atoms with E-state index in [1.807, 2.05) is 6.92 Å². The molecule has 1 aromatic carbocycles. The molecule has 0 saturated carbocycles. The van der Waals surface area contributed by atoms with E-state index in [4.69, 9.17) is 9.57 Å². The number of hydroxylamine groups is 1. The van der Waals surface area contributed by atoms with Crippen LogP contribution < -0.4 is 5.48 Å². The predicted molar refractivity (Wildman–Crippen MR) is 55.8 cm³/mol. The van der Waals surface area contributed by atoms with E-state index in [1.165, 1.54) is 12.1 Å². The van der Waals surface area contributed by atoms with Crippen molar-refractivity contribution in [2.75, 3.05) is 20.3 Å². The predicted octanol–water partition coefficient (Wildman–Crippen LogP) is 1.80. The molecule has 0 spiro atoms. The maximum absolute atomic E-state index is 12.8. The zero-order valence-electron chi connectivity index (χ0n) is 9.05. The van der Waals surface area contributed by atoms with Crippen molar-refractivity contribution >= 4 is 0 Å². The zero-order valence-corrected chi connectivity index (χ0v) is 9.05. The molecule has 1 rings (SSSR count). The molecule has 15 heavy (non-hydrogen) atoms. The Morgan fingerprint density at radius 3 is 2.80 bits per heavy atom. The molecule has 0 saturated heterocycles. The highest BCUT2D eigenvalue weighted by Crippen LogP contribution is 2.09. The zero-order chi connectivity index (χ0) is 11.1. The SMILES string of the molecule is COCCONCc1ccc(F)cc1C. The van der Waals surface area contributed by atoms with Gasteiger partial charge in [0.25, 0.3) is 0 Å². The molecule has 4 heteroatoms. The Labute approximate surface area is 89.2 Å². The fraction of sp³-hybridized carbons (Fsp3) is 0.455. The highest BCUT2D eigenvalue weighted by molar-refractivity contribution is 5.26. The molecule has 0 atom stereocenters. The van der Waals surface area contributed by atoms with Gasteiger partial charge in [0, 0.05) is 13.7 Å². The van der Waals surface area contributed by atoms with Gasteiger partial charge in [-0.05, 0) is 30.2 Å². The van der Waals surface area contributed by atoms with Gasteiger partial charge in [0.05, 0.1) is 13.2 Å². The lowest BCUT2D eigenvalue weighted by molar-refractivity contribution is 0.00339. The molecule has 0 amide bonds. The van der Waals surface area contributed by atoms with E-state index in [2.05, 4.69) is 5.48 Å². The Kier molecular flexibility index (Phi) is 5.25. The lowest BCUT2D eigenvalue weighted by atomic mass is 10.1. The van der Waals surface area contributed by atoms with Gasteiger partial charge in [-0.1, -0.05) is 6.07 Å². The quantitative estimate of drug-likeness (QED) is 0.577. The van der Waals surface area contributed by atoms with E-state index in [9.17, 15) is 4.39 Å². The van der Waals surface area contributed by atoms with Gasteiger partial charge in [-0.2, -0.15) is 5.48 Å². The first-order valence-corrected chi connectivity index (χ1v) is 4.82. The summed E-state index contributed by atoms with van der Waals surface area (Å²) < 4.78 is 17.6. The minimum absolute atomic E-state index is 0.212. The lowest BCUT2D eigenvalue weighted by Crippen LogP contribution is -2.17. The number of rotatable bonds is 6. The van der Waals surface area contributed by atoms with Crippen LogP contribution in [0.25, 0.3) is 0 Å². The Morgan fingerprint density at radius 1 is 1.33 bits per heavy atom. The van der Waals surface area contributed by atoms with Crippen molar-refractivity contribution in [1.82, 2.24) is 5.48 Å². The molecular formula is C11H16FNO2. The second-order valence-electron chi connectivity index (χ2n) is 3.23. The fourth-order valence-corrected chi connectivity index (χ4v) is 1.18. The minimum atomic E-state index is -0.212. The number of methoxy groups -OCH3 is 1. The number of benzene rings is 1. The van der Waals surface area contributed by atoms with Crippen molar-refractivity contribution in [3.63, 3.8) is 0 Å². The molecular weight excluding hydrogens is 197 g/mol. The van der Waals surface area contributed by atoms with E-state index in [-0.39, 0.29) is 5.82 Å². The normalized spacial score (nSPS) is 10.6. The van der Waals surface area contributed by atoms with Crippen LogP contribution in [0.2, 0.25) is 0 Å². The van der Waals surface area contributed by atoms with E-state index in [1.54, 1.807) is 13.2 Å². The number of aryl methyl sites for hydroxylation is 1. The molecule has 3 nitrogen and oxygen atoms in total. The molecule has 1 N–H and O–H groups in total. The van der Waals surface area contributed by atoms with Crippen LogP contribution in [-0.4, -0.2) is 20.3 Å². The maximum Gasteiger partial charge on any atom is 0.123 e. The van der Waals surface area contributed by atoms with Crippen LogP contribution in [0.1, 0.15) is 11.1 Å². The summed E-state index contributed by atoms with van der Waals surface area (Å²) in [6.07, 6.45) is 0. The van der Waals surface area contributed by atoms with Gasteiger partial charge in [0.15, 0.2) is 0 Å². The molecule has 0 bridgehead atoms. The van der Waals surface area contributed by atoms with Gasteiger partial charge in [-0.25, -0.2) is 4.39 Å². The summed E-state index contributed by atoms with van der Waals surface area (Å²) >= 11 is 0. The number of nitrogens with one attached hydrogen (secondary N) is 1. The van der Waals surface area contributed by atoms with E-state index in [0.29, 0.717) is 19.8 Å². The second-order valence-corrected chi connectivity index (χ2v) is 3.23. The average molecular weight is 213 g/mol. The first-order chi connectivity index (χ1) is 7.24. The number of halogens is 1. The van der Waals surface area contributed by atoms with Crippen molar-refractivity contribution in [3.05, 3.63) is 35.1 Å². The van der Waals surface area contributed by atoms with Crippen LogP contribution in [0.15, 0.2) is 18.2 Å². The smallest absolute Gasteiger partial charge is 0.123 e. The van der Waals surface area contributed by atoms with Gasteiger partial charge in [-0.15, -0.1) is 0 Å². The van der Waals surface area contributed by atoms with Crippen molar-refractivity contribution in [1.29, 1.82) is 0 Å². The molecule has 0 fully saturated rings. The summed E-state index contributed by atoms with van der Waals surface area (Å²) in [6, 6.07) is 4.70.